The van der Waals surface area contributed by atoms with Crippen molar-refractivity contribution in [1.82, 2.24) is 0 Å². The van der Waals surface area contributed by atoms with Crippen molar-refractivity contribution in [3.63, 3.8) is 0 Å². The molecule has 1 N–H and O–H groups in total. The minimum absolute atomic E-state index is 0.232. The molecule has 2 aromatic rings. The van der Waals surface area contributed by atoms with Crippen LogP contribution in [0.4, 0.5) is 10.1 Å². The minimum atomic E-state index is -0.259. The molecule has 0 bridgehead atoms. The lowest BCUT2D eigenvalue weighted by Gasteiger charge is -2.11. The molecule has 0 spiro atoms. The lowest BCUT2D eigenvalue weighted by Crippen LogP contribution is -1.90. The van der Waals surface area contributed by atoms with Gasteiger partial charge in [-0.2, -0.15) is 0 Å². The number of halogens is 1. The van der Waals surface area contributed by atoms with Crippen LogP contribution < -0.4 is 0 Å². The number of aliphatic imine (C=N–C) groups is 1. The van der Waals surface area contributed by atoms with Crippen molar-refractivity contribution in [2.45, 2.75) is 26.7 Å². The number of nitrogens with zero attached hydrogens (tertiary/aromatic N) is 1. The van der Waals surface area contributed by atoms with Gasteiger partial charge in [0.05, 0.1) is 5.69 Å². The molecule has 0 saturated heterocycles. The van der Waals surface area contributed by atoms with E-state index < -0.39 is 0 Å². The van der Waals surface area contributed by atoms with Crippen LogP contribution in [0.25, 0.3) is 0 Å². The van der Waals surface area contributed by atoms with E-state index in [-0.39, 0.29) is 11.7 Å². The van der Waals surface area contributed by atoms with E-state index in [1.807, 2.05) is 26.8 Å². The molecule has 2 rings (SSSR count). The largest absolute Gasteiger partial charge is 0.508 e. The predicted molar refractivity (Wildman–Crippen MR) is 80.6 cm³/mol. The second-order valence-corrected chi connectivity index (χ2v) is 5.16. The molecule has 0 atom stereocenters. The Morgan fingerprint density at radius 1 is 1.15 bits per heavy atom. The van der Waals surface area contributed by atoms with Crippen LogP contribution in [0, 0.1) is 12.7 Å². The fourth-order valence-corrected chi connectivity index (χ4v) is 1.99. The highest BCUT2D eigenvalue weighted by atomic mass is 19.1. The van der Waals surface area contributed by atoms with Gasteiger partial charge in [-0.25, -0.2) is 4.39 Å². The third-order valence-electron chi connectivity index (χ3n) is 3.19. The van der Waals surface area contributed by atoms with Crippen molar-refractivity contribution < 1.29 is 9.50 Å². The highest BCUT2D eigenvalue weighted by Crippen LogP contribution is 2.32. The maximum Gasteiger partial charge on any atom is 0.123 e. The first-order valence-corrected chi connectivity index (χ1v) is 6.60. The number of hydrogen-bond donors (Lipinski definition) is 1. The molecule has 0 fully saturated rings. The highest BCUT2D eigenvalue weighted by Gasteiger charge is 2.09. The first kappa shape index (κ1) is 14.3. The number of aromatic hydroxyl groups is 1. The van der Waals surface area contributed by atoms with Crippen LogP contribution in [0.2, 0.25) is 0 Å². The Labute approximate surface area is 118 Å². The zero-order chi connectivity index (χ0) is 14.7. The smallest absolute Gasteiger partial charge is 0.123 e. The van der Waals surface area contributed by atoms with Crippen LogP contribution in [0.15, 0.2) is 41.4 Å². The fourth-order valence-electron chi connectivity index (χ4n) is 1.99. The molecule has 104 valence electrons. The first-order chi connectivity index (χ1) is 9.47. The van der Waals surface area contributed by atoms with Crippen molar-refractivity contribution >= 4 is 11.9 Å². The molecule has 0 aromatic heterocycles. The zero-order valence-electron chi connectivity index (χ0n) is 11.9. The summed E-state index contributed by atoms with van der Waals surface area (Å²) in [4.78, 5) is 4.43. The van der Waals surface area contributed by atoms with Crippen molar-refractivity contribution in [1.29, 1.82) is 0 Å². The molecule has 0 unspecified atom stereocenters. The van der Waals surface area contributed by atoms with Crippen LogP contribution >= 0.6 is 0 Å². The summed E-state index contributed by atoms with van der Waals surface area (Å²) >= 11 is 0. The lowest BCUT2D eigenvalue weighted by molar-refractivity contribution is 0.464. The summed E-state index contributed by atoms with van der Waals surface area (Å²) in [6.07, 6.45) is 1.70. The van der Waals surface area contributed by atoms with Gasteiger partial charge < -0.3 is 5.11 Å². The molecular weight excluding hydrogens is 253 g/mol. The van der Waals surface area contributed by atoms with E-state index in [2.05, 4.69) is 4.99 Å². The summed E-state index contributed by atoms with van der Waals surface area (Å²) in [5.74, 6) is 0.277. The first-order valence-electron chi connectivity index (χ1n) is 6.60. The summed E-state index contributed by atoms with van der Waals surface area (Å²) in [5.41, 5.74) is 3.44. The number of rotatable bonds is 3. The van der Waals surface area contributed by atoms with E-state index in [1.54, 1.807) is 24.4 Å². The molecule has 0 saturated carbocycles. The predicted octanol–water partition coefficient (Wildman–Crippen LogP) is 4.71. The third-order valence-corrected chi connectivity index (χ3v) is 3.19. The minimum Gasteiger partial charge on any atom is -0.508 e. The van der Waals surface area contributed by atoms with Crippen molar-refractivity contribution in [3.8, 4) is 5.75 Å². The summed E-state index contributed by atoms with van der Waals surface area (Å²) in [6, 6.07) is 9.80. The standard InChI is InChI=1S/C17H18FNO/c1-11(2)15-9-16(12(3)8-17(15)20)19-10-13-4-6-14(18)7-5-13/h4-11,20H,1-3H3. The second kappa shape index (κ2) is 5.87. The highest BCUT2D eigenvalue weighted by molar-refractivity contribution is 5.82. The molecule has 0 amide bonds. The monoisotopic (exact) mass is 271 g/mol. The summed E-state index contributed by atoms with van der Waals surface area (Å²) in [5, 5.41) is 9.91. The van der Waals surface area contributed by atoms with Crippen molar-refractivity contribution in [2.24, 2.45) is 4.99 Å². The topological polar surface area (TPSA) is 32.6 Å². The van der Waals surface area contributed by atoms with E-state index in [0.717, 1.165) is 22.4 Å². The SMILES string of the molecule is Cc1cc(O)c(C(C)C)cc1N=Cc1ccc(F)cc1. The Kier molecular flexibility index (Phi) is 4.18. The summed E-state index contributed by atoms with van der Waals surface area (Å²) in [6.45, 7) is 5.96. The Bertz CT molecular complexity index is 630. The molecule has 2 aromatic carbocycles. The van der Waals surface area contributed by atoms with Crippen molar-refractivity contribution in [3.05, 3.63) is 58.9 Å². The van der Waals surface area contributed by atoms with Gasteiger partial charge in [0, 0.05) is 6.21 Å². The lowest BCUT2D eigenvalue weighted by atomic mass is 9.99. The van der Waals surface area contributed by atoms with Gasteiger partial charge in [-0.3, -0.25) is 4.99 Å². The third kappa shape index (κ3) is 3.23. The van der Waals surface area contributed by atoms with Gasteiger partial charge in [0.1, 0.15) is 11.6 Å². The number of benzene rings is 2. The van der Waals surface area contributed by atoms with E-state index in [0.29, 0.717) is 5.75 Å². The van der Waals surface area contributed by atoms with E-state index in [4.69, 9.17) is 0 Å². The van der Waals surface area contributed by atoms with Gasteiger partial charge in [-0.15, -0.1) is 0 Å². The molecule has 0 aliphatic rings. The number of aryl methyl sites for hydroxylation is 1. The van der Waals surface area contributed by atoms with Gasteiger partial charge in [-0.05, 0) is 53.8 Å². The number of phenols is 1. The summed E-state index contributed by atoms with van der Waals surface area (Å²) in [7, 11) is 0. The molecule has 0 aliphatic heterocycles. The maximum absolute atomic E-state index is 12.8. The average Bonchev–Trinajstić information content (AvgIpc) is 2.39. The molecular formula is C17H18FNO. The van der Waals surface area contributed by atoms with E-state index in [1.165, 1.54) is 12.1 Å². The Balaban J connectivity index is 2.33. The molecule has 3 heteroatoms. The van der Waals surface area contributed by atoms with Crippen LogP contribution in [-0.2, 0) is 0 Å². The van der Waals surface area contributed by atoms with Gasteiger partial charge in [0.15, 0.2) is 0 Å². The Morgan fingerprint density at radius 2 is 1.80 bits per heavy atom. The van der Waals surface area contributed by atoms with Crippen molar-refractivity contribution in [2.75, 3.05) is 0 Å². The Hall–Kier alpha value is -2.16. The molecule has 2 nitrogen and oxygen atoms in total. The molecule has 0 radical (unpaired) electrons. The van der Waals surface area contributed by atoms with Gasteiger partial charge in [0.25, 0.3) is 0 Å². The van der Waals surface area contributed by atoms with Crippen LogP contribution in [0.5, 0.6) is 5.75 Å². The molecule has 0 heterocycles. The van der Waals surface area contributed by atoms with Gasteiger partial charge in [0.2, 0.25) is 0 Å². The van der Waals surface area contributed by atoms with Gasteiger partial charge in [-0.1, -0.05) is 26.0 Å². The fraction of sp³-hybridized carbons (Fsp3) is 0.235. The molecule has 20 heavy (non-hydrogen) atoms. The number of hydrogen-bond acceptors (Lipinski definition) is 2. The Morgan fingerprint density at radius 3 is 2.40 bits per heavy atom. The number of phenolic OH excluding ortho intramolecular Hbond substituents is 1. The van der Waals surface area contributed by atoms with Crippen LogP contribution in [0.1, 0.15) is 36.5 Å². The zero-order valence-corrected chi connectivity index (χ0v) is 11.9. The van der Waals surface area contributed by atoms with E-state index in [9.17, 15) is 9.50 Å². The second-order valence-electron chi connectivity index (χ2n) is 5.16. The average molecular weight is 271 g/mol. The molecule has 0 aliphatic carbocycles. The van der Waals surface area contributed by atoms with E-state index >= 15 is 0 Å². The summed E-state index contributed by atoms with van der Waals surface area (Å²) < 4.78 is 12.8. The quantitative estimate of drug-likeness (QED) is 0.805. The van der Waals surface area contributed by atoms with Crippen LogP contribution in [0.3, 0.4) is 0 Å². The van der Waals surface area contributed by atoms with Crippen LogP contribution in [-0.4, -0.2) is 11.3 Å². The maximum atomic E-state index is 12.8. The van der Waals surface area contributed by atoms with Gasteiger partial charge >= 0.3 is 0 Å². The normalized spacial score (nSPS) is 11.4.